The van der Waals surface area contributed by atoms with Crippen LogP contribution < -0.4 is 5.32 Å². The van der Waals surface area contributed by atoms with E-state index in [1.165, 1.54) is 10.4 Å². The standard InChI is InChI=1S/C19H20N2OS2/c20-12-16-15-8-4-9-17(15)24-19(16)21-18(22)10-5-11-23-13-14-6-2-1-3-7-14/h1-3,6-7H,4-5,8-11,13H2,(H,21,22). The minimum absolute atomic E-state index is 0.0201. The lowest BCUT2D eigenvalue weighted by atomic mass is 10.1. The van der Waals surface area contributed by atoms with Crippen molar-refractivity contribution in [2.45, 2.75) is 37.9 Å². The van der Waals surface area contributed by atoms with Crippen LogP contribution >= 0.6 is 23.1 Å². The summed E-state index contributed by atoms with van der Waals surface area (Å²) in [5.74, 6) is 1.97. The maximum Gasteiger partial charge on any atom is 0.225 e. The summed E-state index contributed by atoms with van der Waals surface area (Å²) in [6.45, 7) is 0. The minimum Gasteiger partial charge on any atom is -0.317 e. The van der Waals surface area contributed by atoms with Crippen LogP contribution in [0.15, 0.2) is 30.3 Å². The average Bonchev–Trinajstić information content (AvgIpc) is 3.16. The van der Waals surface area contributed by atoms with Crippen LogP contribution in [0, 0.1) is 11.3 Å². The highest BCUT2D eigenvalue weighted by Crippen LogP contribution is 2.38. The first-order chi connectivity index (χ1) is 11.8. The van der Waals surface area contributed by atoms with E-state index in [0.717, 1.165) is 47.8 Å². The SMILES string of the molecule is N#Cc1c(NC(=O)CCCSCc2ccccc2)sc2c1CCC2. The van der Waals surface area contributed by atoms with Crippen LogP contribution in [0.4, 0.5) is 5.00 Å². The number of carbonyl (C=O) groups excluding carboxylic acids is 1. The number of hydrogen-bond donors (Lipinski definition) is 1. The zero-order valence-corrected chi connectivity index (χ0v) is 15.1. The number of nitrogens with zero attached hydrogens (tertiary/aromatic N) is 1. The number of fused-ring (bicyclic) bond motifs is 1. The second-order valence-electron chi connectivity index (χ2n) is 5.86. The number of anilines is 1. The van der Waals surface area contributed by atoms with Crippen molar-refractivity contribution < 1.29 is 4.79 Å². The molecule has 1 amide bonds. The first kappa shape index (κ1) is 17.1. The molecule has 0 atom stereocenters. The third-order valence-corrected chi connectivity index (χ3v) is 6.41. The number of nitriles is 1. The maximum atomic E-state index is 12.1. The van der Waals surface area contributed by atoms with Gasteiger partial charge in [0.15, 0.2) is 0 Å². The summed E-state index contributed by atoms with van der Waals surface area (Å²) in [6.07, 6.45) is 4.51. The molecule has 1 aromatic carbocycles. The molecule has 1 aliphatic carbocycles. The first-order valence-corrected chi connectivity index (χ1v) is 10.2. The fourth-order valence-corrected chi connectivity index (χ4v) is 5.08. The summed E-state index contributed by atoms with van der Waals surface area (Å²) in [6, 6.07) is 12.6. The number of thiophene rings is 1. The molecule has 3 nitrogen and oxygen atoms in total. The number of nitrogens with one attached hydrogen (secondary N) is 1. The summed E-state index contributed by atoms with van der Waals surface area (Å²) in [4.78, 5) is 13.4. The predicted molar refractivity (Wildman–Crippen MR) is 102 cm³/mol. The third kappa shape index (κ3) is 4.19. The van der Waals surface area contributed by atoms with Crippen molar-refractivity contribution >= 4 is 34.0 Å². The molecule has 24 heavy (non-hydrogen) atoms. The van der Waals surface area contributed by atoms with Gasteiger partial charge in [-0.2, -0.15) is 17.0 Å². The molecule has 2 aromatic rings. The summed E-state index contributed by atoms with van der Waals surface area (Å²) in [5.41, 5.74) is 3.18. The molecule has 3 rings (SSSR count). The molecular formula is C19H20N2OS2. The van der Waals surface area contributed by atoms with Crippen molar-refractivity contribution in [3.63, 3.8) is 0 Å². The zero-order valence-electron chi connectivity index (χ0n) is 13.5. The number of thioether (sulfide) groups is 1. The minimum atomic E-state index is 0.0201. The largest absolute Gasteiger partial charge is 0.317 e. The molecule has 1 heterocycles. The van der Waals surface area contributed by atoms with Crippen molar-refractivity contribution in [1.29, 1.82) is 5.26 Å². The fourth-order valence-electron chi connectivity index (χ4n) is 2.90. The van der Waals surface area contributed by atoms with Crippen LogP contribution in [-0.4, -0.2) is 11.7 Å². The van der Waals surface area contributed by atoms with Gasteiger partial charge in [-0.3, -0.25) is 4.79 Å². The molecule has 0 fully saturated rings. The summed E-state index contributed by atoms with van der Waals surface area (Å²) < 4.78 is 0. The van der Waals surface area contributed by atoms with Gasteiger partial charge in [-0.05, 0) is 42.6 Å². The van der Waals surface area contributed by atoms with Crippen molar-refractivity contribution in [2.24, 2.45) is 0 Å². The molecule has 0 radical (unpaired) electrons. The van der Waals surface area contributed by atoms with Crippen LogP contribution in [0.3, 0.4) is 0 Å². The fraction of sp³-hybridized carbons (Fsp3) is 0.368. The van der Waals surface area contributed by atoms with E-state index in [9.17, 15) is 10.1 Å². The smallest absolute Gasteiger partial charge is 0.225 e. The van der Waals surface area contributed by atoms with Gasteiger partial charge in [0.25, 0.3) is 0 Å². The summed E-state index contributed by atoms with van der Waals surface area (Å²) in [7, 11) is 0. The van der Waals surface area contributed by atoms with E-state index >= 15 is 0 Å². The Morgan fingerprint density at radius 2 is 2.12 bits per heavy atom. The Hall–Kier alpha value is -1.77. The zero-order chi connectivity index (χ0) is 16.8. The molecule has 0 saturated carbocycles. The van der Waals surface area contributed by atoms with Gasteiger partial charge in [0.1, 0.15) is 11.1 Å². The van der Waals surface area contributed by atoms with E-state index < -0.39 is 0 Å². The van der Waals surface area contributed by atoms with Gasteiger partial charge < -0.3 is 5.32 Å². The Morgan fingerprint density at radius 1 is 1.29 bits per heavy atom. The molecule has 1 N–H and O–H groups in total. The lowest BCUT2D eigenvalue weighted by Gasteiger charge is -2.04. The Labute approximate surface area is 151 Å². The molecule has 0 bridgehead atoms. The van der Waals surface area contributed by atoms with Crippen LogP contribution in [0.5, 0.6) is 0 Å². The van der Waals surface area contributed by atoms with Crippen molar-refractivity contribution in [1.82, 2.24) is 0 Å². The van der Waals surface area contributed by atoms with Gasteiger partial charge in [-0.15, -0.1) is 11.3 Å². The number of aryl methyl sites for hydroxylation is 1. The van der Waals surface area contributed by atoms with Crippen molar-refractivity contribution in [2.75, 3.05) is 11.1 Å². The van der Waals surface area contributed by atoms with E-state index in [1.807, 2.05) is 17.8 Å². The van der Waals surface area contributed by atoms with Gasteiger partial charge >= 0.3 is 0 Å². The van der Waals surface area contributed by atoms with Crippen LogP contribution in [0.2, 0.25) is 0 Å². The molecule has 0 unspecified atom stereocenters. The van der Waals surface area contributed by atoms with Crippen LogP contribution in [0.25, 0.3) is 0 Å². The van der Waals surface area contributed by atoms with E-state index in [4.69, 9.17) is 0 Å². The monoisotopic (exact) mass is 356 g/mol. The Bertz CT molecular complexity index is 747. The second-order valence-corrected chi connectivity index (χ2v) is 8.07. The molecule has 5 heteroatoms. The highest BCUT2D eigenvalue weighted by molar-refractivity contribution is 7.98. The van der Waals surface area contributed by atoms with Gasteiger partial charge in [0.05, 0.1) is 5.56 Å². The predicted octanol–water partition coefficient (Wildman–Crippen LogP) is 4.76. The van der Waals surface area contributed by atoms with E-state index in [2.05, 4.69) is 35.7 Å². The van der Waals surface area contributed by atoms with Gasteiger partial charge in [-0.25, -0.2) is 0 Å². The van der Waals surface area contributed by atoms with Crippen molar-refractivity contribution in [3.05, 3.63) is 51.9 Å². The lowest BCUT2D eigenvalue weighted by Crippen LogP contribution is -2.11. The van der Waals surface area contributed by atoms with Crippen LogP contribution in [-0.2, 0) is 23.4 Å². The van der Waals surface area contributed by atoms with E-state index in [1.54, 1.807) is 11.3 Å². The number of hydrogen-bond acceptors (Lipinski definition) is 4. The molecule has 1 aromatic heterocycles. The lowest BCUT2D eigenvalue weighted by molar-refractivity contribution is -0.116. The Morgan fingerprint density at radius 3 is 2.92 bits per heavy atom. The molecule has 0 aliphatic heterocycles. The number of benzene rings is 1. The Balaban J connectivity index is 1.41. The normalized spacial score (nSPS) is 12.6. The van der Waals surface area contributed by atoms with E-state index in [-0.39, 0.29) is 5.91 Å². The second kappa shape index (κ2) is 8.36. The van der Waals surface area contributed by atoms with Crippen LogP contribution in [0.1, 0.15) is 40.8 Å². The average molecular weight is 357 g/mol. The van der Waals surface area contributed by atoms with E-state index in [0.29, 0.717) is 12.0 Å². The molecule has 124 valence electrons. The molecule has 0 saturated heterocycles. The third-order valence-electron chi connectivity index (χ3n) is 4.09. The number of carbonyl (C=O) groups is 1. The number of rotatable bonds is 7. The van der Waals surface area contributed by atoms with Gasteiger partial charge in [0, 0.05) is 17.1 Å². The topological polar surface area (TPSA) is 52.9 Å². The maximum absolute atomic E-state index is 12.1. The van der Waals surface area contributed by atoms with Gasteiger partial charge in [-0.1, -0.05) is 30.3 Å². The summed E-state index contributed by atoms with van der Waals surface area (Å²) >= 11 is 3.43. The highest BCUT2D eigenvalue weighted by Gasteiger charge is 2.22. The quantitative estimate of drug-likeness (QED) is 0.728. The first-order valence-electron chi connectivity index (χ1n) is 8.24. The molecular weight excluding hydrogens is 336 g/mol. The number of amides is 1. The Kier molecular flexibility index (Phi) is 5.95. The molecule has 1 aliphatic rings. The highest BCUT2D eigenvalue weighted by atomic mass is 32.2. The molecule has 0 spiro atoms. The van der Waals surface area contributed by atoms with Crippen molar-refractivity contribution in [3.8, 4) is 6.07 Å². The summed E-state index contributed by atoms with van der Waals surface area (Å²) in [5, 5.41) is 13.0. The van der Waals surface area contributed by atoms with Gasteiger partial charge in [0.2, 0.25) is 5.91 Å².